The van der Waals surface area contributed by atoms with Crippen LogP contribution in [0.1, 0.15) is 38.0 Å². The summed E-state index contributed by atoms with van der Waals surface area (Å²) in [6.45, 7) is 1.14. The molecule has 126 valence electrons. The molecule has 0 radical (unpaired) electrons. The first-order chi connectivity index (χ1) is 11.1. The number of fused-ring (bicyclic) bond motifs is 1. The van der Waals surface area contributed by atoms with Crippen LogP contribution in [0.2, 0.25) is 0 Å². The Morgan fingerprint density at radius 3 is 2.04 bits per heavy atom. The topological polar surface area (TPSA) is 163 Å². The summed E-state index contributed by atoms with van der Waals surface area (Å²) in [5.41, 5.74) is -2.63. The quantitative estimate of drug-likeness (QED) is 0.562. The molecule has 2 aromatic heterocycles. The molecule has 0 fully saturated rings. The Morgan fingerprint density at radius 1 is 1.00 bits per heavy atom. The molecule has 0 spiro atoms. The van der Waals surface area contributed by atoms with Crippen LogP contribution >= 0.6 is 0 Å². The number of hydrogen-bond acceptors (Lipinski definition) is 6. The molecule has 1 unspecified atom stereocenters. The first kappa shape index (κ1) is 17.0. The van der Waals surface area contributed by atoms with Gasteiger partial charge in [-0.2, -0.15) is 0 Å². The lowest BCUT2D eigenvalue weighted by Gasteiger charge is -2.11. The largest absolute Gasteiger partial charge is 0.478 e. The van der Waals surface area contributed by atoms with Gasteiger partial charge in [0, 0.05) is 12.3 Å². The van der Waals surface area contributed by atoms with Crippen molar-refractivity contribution >= 4 is 29.4 Å². The highest BCUT2D eigenvalue weighted by molar-refractivity contribution is 6.12. The summed E-state index contributed by atoms with van der Waals surface area (Å²) in [4.78, 5) is 45.5. The molecule has 0 saturated heterocycles. The number of pyridine rings is 1. The van der Waals surface area contributed by atoms with Crippen molar-refractivity contribution in [1.29, 1.82) is 0 Å². The van der Waals surface area contributed by atoms with Crippen LogP contribution in [0.3, 0.4) is 0 Å². The van der Waals surface area contributed by atoms with Gasteiger partial charge in [-0.1, -0.05) is 0 Å². The molecule has 2 heterocycles. The summed E-state index contributed by atoms with van der Waals surface area (Å²) in [7, 11) is 0. The Hall–Kier alpha value is -3.40. The standard InChI is InChI=1S/C14H11NO9/c1-5(16)14(23)24-8-3-2-7-10(13(21)22)9(12(19)20)6(11(17)18)4-15(7)8/h2-5,16H,1H3,(H,17,18)(H,19,20)(H,21,22). The number of carboxylic acids is 3. The van der Waals surface area contributed by atoms with Gasteiger partial charge in [0.25, 0.3) is 0 Å². The van der Waals surface area contributed by atoms with Crippen molar-refractivity contribution in [2.75, 3.05) is 0 Å². The number of carbonyl (C=O) groups is 4. The summed E-state index contributed by atoms with van der Waals surface area (Å²) >= 11 is 0. The fraction of sp³-hybridized carbons (Fsp3) is 0.143. The number of hydrogen-bond donors (Lipinski definition) is 4. The fourth-order valence-corrected chi connectivity index (χ4v) is 2.10. The van der Waals surface area contributed by atoms with E-state index in [1.807, 2.05) is 0 Å². The lowest BCUT2D eigenvalue weighted by molar-refractivity contribution is -0.143. The van der Waals surface area contributed by atoms with Gasteiger partial charge in [-0.25, -0.2) is 19.2 Å². The van der Waals surface area contributed by atoms with E-state index < -0.39 is 46.7 Å². The molecule has 0 aromatic carbocycles. The first-order valence-corrected chi connectivity index (χ1v) is 6.42. The smallest absolute Gasteiger partial charge is 0.341 e. The second-order valence-electron chi connectivity index (χ2n) is 4.73. The number of aliphatic hydroxyl groups is 1. The molecule has 0 aliphatic heterocycles. The Bertz CT molecular complexity index is 878. The Morgan fingerprint density at radius 2 is 1.58 bits per heavy atom. The number of rotatable bonds is 5. The van der Waals surface area contributed by atoms with E-state index >= 15 is 0 Å². The van der Waals surface area contributed by atoms with Gasteiger partial charge in [-0.05, 0) is 13.0 Å². The second-order valence-corrected chi connectivity index (χ2v) is 4.73. The lowest BCUT2D eigenvalue weighted by Crippen LogP contribution is -2.23. The highest BCUT2D eigenvalue weighted by Gasteiger charge is 2.28. The van der Waals surface area contributed by atoms with E-state index in [1.165, 1.54) is 0 Å². The normalized spacial score (nSPS) is 11.9. The average molecular weight is 337 g/mol. The van der Waals surface area contributed by atoms with Crippen LogP contribution in [0.15, 0.2) is 18.3 Å². The molecule has 10 nitrogen and oxygen atoms in total. The third kappa shape index (κ3) is 2.77. The van der Waals surface area contributed by atoms with Crippen LogP contribution in [-0.2, 0) is 4.79 Å². The van der Waals surface area contributed by atoms with Crippen LogP contribution in [0.25, 0.3) is 5.52 Å². The van der Waals surface area contributed by atoms with Gasteiger partial charge in [0.1, 0.15) is 6.10 Å². The zero-order chi connectivity index (χ0) is 18.2. The third-order valence-corrected chi connectivity index (χ3v) is 3.12. The number of nitrogens with zero attached hydrogens (tertiary/aromatic N) is 1. The third-order valence-electron chi connectivity index (χ3n) is 3.12. The summed E-state index contributed by atoms with van der Waals surface area (Å²) in [5, 5.41) is 36.8. The number of aliphatic hydroxyl groups excluding tert-OH is 1. The molecule has 0 aliphatic carbocycles. The Labute approximate surface area is 133 Å². The number of carboxylic acid groups (broad SMARTS) is 3. The van der Waals surface area contributed by atoms with E-state index in [0.29, 0.717) is 0 Å². The van der Waals surface area contributed by atoms with Crippen molar-refractivity contribution in [3.63, 3.8) is 0 Å². The molecule has 4 N–H and O–H groups in total. The first-order valence-electron chi connectivity index (χ1n) is 6.42. The summed E-state index contributed by atoms with van der Waals surface area (Å²) < 4.78 is 5.76. The highest BCUT2D eigenvalue weighted by Crippen LogP contribution is 2.27. The van der Waals surface area contributed by atoms with Crippen molar-refractivity contribution in [3.8, 4) is 5.88 Å². The predicted octanol–water partition coefficient (Wildman–Crippen LogP) is 0.320. The molecule has 0 amide bonds. The van der Waals surface area contributed by atoms with Gasteiger partial charge < -0.3 is 25.2 Å². The molecule has 24 heavy (non-hydrogen) atoms. The van der Waals surface area contributed by atoms with E-state index in [9.17, 15) is 29.4 Å². The molecule has 2 rings (SSSR count). The van der Waals surface area contributed by atoms with Gasteiger partial charge in [0.15, 0.2) is 0 Å². The van der Waals surface area contributed by atoms with Crippen molar-refractivity contribution in [2.45, 2.75) is 13.0 Å². The summed E-state index contributed by atoms with van der Waals surface area (Å²) in [6.07, 6.45) is -0.634. The van der Waals surface area contributed by atoms with E-state index in [2.05, 4.69) is 0 Å². The number of carbonyl (C=O) groups excluding carboxylic acids is 1. The number of aromatic nitrogens is 1. The molecule has 1 atom stereocenters. The molecular weight excluding hydrogens is 326 g/mol. The number of aromatic carboxylic acids is 3. The van der Waals surface area contributed by atoms with Gasteiger partial charge in [-0.15, -0.1) is 0 Å². The second kappa shape index (κ2) is 6.01. The van der Waals surface area contributed by atoms with Crippen LogP contribution in [-0.4, -0.2) is 54.8 Å². The van der Waals surface area contributed by atoms with Crippen molar-refractivity contribution < 1.29 is 44.3 Å². The summed E-state index contributed by atoms with van der Waals surface area (Å²) in [5.74, 6) is -6.37. The maximum Gasteiger partial charge on any atom is 0.341 e. The Balaban J connectivity index is 2.83. The molecule has 0 aliphatic rings. The maximum atomic E-state index is 11.5. The van der Waals surface area contributed by atoms with Crippen molar-refractivity contribution in [3.05, 3.63) is 35.0 Å². The van der Waals surface area contributed by atoms with Gasteiger partial charge >= 0.3 is 23.9 Å². The molecule has 10 heteroatoms. The molecule has 0 saturated carbocycles. The van der Waals surface area contributed by atoms with Crippen LogP contribution in [0.4, 0.5) is 0 Å². The molecular formula is C14H11NO9. The minimum absolute atomic E-state index is 0.182. The van der Waals surface area contributed by atoms with E-state index in [1.54, 1.807) is 0 Å². The minimum atomic E-state index is -1.73. The van der Waals surface area contributed by atoms with Gasteiger partial charge in [-0.3, -0.25) is 4.40 Å². The van der Waals surface area contributed by atoms with E-state index in [-0.39, 0.29) is 11.4 Å². The molecule has 0 bridgehead atoms. The minimum Gasteiger partial charge on any atom is -0.478 e. The van der Waals surface area contributed by atoms with Gasteiger partial charge in [0.05, 0.1) is 22.2 Å². The van der Waals surface area contributed by atoms with Crippen molar-refractivity contribution in [2.24, 2.45) is 0 Å². The van der Waals surface area contributed by atoms with E-state index in [4.69, 9.17) is 14.9 Å². The van der Waals surface area contributed by atoms with Gasteiger partial charge in [0.2, 0.25) is 5.88 Å². The lowest BCUT2D eigenvalue weighted by atomic mass is 10.0. The average Bonchev–Trinajstić information content (AvgIpc) is 2.87. The van der Waals surface area contributed by atoms with E-state index in [0.717, 1.165) is 29.7 Å². The SMILES string of the molecule is CC(O)C(=O)Oc1ccc2c(C(=O)O)c(C(=O)O)c(C(=O)O)cn12. The highest BCUT2D eigenvalue weighted by atomic mass is 16.6. The zero-order valence-corrected chi connectivity index (χ0v) is 12.1. The fourth-order valence-electron chi connectivity index (χ4n) is 2.10. The number of ether oxygens (including phenoxy) is 1. The number of esters is 1. The van der Waals surface area contributed by atoms with Crippen LogP contribution in [0.5, 0.6) is 5.88 Å². The zero-order valence-electron chi connectivity index (χ0n) is 12.1. The maximum absolute atomic E-state index is 11.5. The van der Waals surface area contributed by atoms with Crippen molar-refractivity contribution in [1.82, 2.24) is 4.40 Å². The predicted molar refractivity (Wildman–Crippen MR) is 75.6 cm³/mol. The molecule has 2 aromatic rings. The van der Waals surface area contributed by atoms with Crippen LogP contribution < -0.4 is 4.74 Å². The van der Waals surface area contributed by atoms with Crippen LogP contribution in [0, 0.1) is 0 Å². The Kier molecular flexibility index (Phi) is 4.24. The summed E-state index contributed by atoms with van der Waals surface area (Å²) in [6, 6.07) is 2.31. The monoisotopic (exact) mass is 337 g/mol.